The van der Waals surface area contributed by atoms with Crippen LogP contribution < -0.4 is 5.73 Å². The average molecular weight is 280 g/mol. The van der Waals surface area contributed by atoms with Crippen LogP contribution in [0, 0.1) is 0 Å². The van der Waals surface area contributed by atoms with Gasteiger partial charge in [0.05, 0.1) is 15.2 Å². The zero-order valence-electron chi connectivity index (χ0n) is 10.0. The highest BCUT2D eigenvalue weighted by molar-refractivity contribution is 7.19. The molecule has 0 radical (unpaired) electrons. The number of nitrogens with zero attached hydrogens (tertiary/aromatic N) is 2. The number of pyridine rings is 1. The maximum Gasteiger partial charge on any atom is 0.151 e. The van der Waals surface area contributed by atoms with E-state index in [4.69, 9.17) is 5.73 Å². The van der Waals surface area contributed by atoms with E-state index in [-0.39, 0.29) is 12.4 Å². The van der Waals surface area contributed by atoms with Gasteiger partial charge in [0.15, 0.2) is 5.82 Å². The Hall–Kier alpha value is -1.39. The maximum atomic E-state index is 5.96. The number of hydrogen-bond acceptors (Lipinski definition) is 4. The van der Waals surface area contributed by atoms with Crippen LogP contribution in [0.25, 0.3) is 21.1 Å². The molecule has 0 unspecified atom stereocenters. The smallest absolute Gasteiger partial charge is 0.151 e. The summed E-state index contributed by atoms with van der Waals surface area (Å²) in [4.78, 5) is 8.98. The fourth-order valence-electron chi connectivity index (χ4n) is 1.99. The Bertz CT molecular complexity index is 693. The Morgan fingerprint density at radius 2 is 2.00 bits per heavy atom. The van der Waals surface area contributed by atoms with E-state index in [1.54, 1.807) is 11.3 Å². The van der Waals surface area contributed by atoms with Crippen LogP contribution in [0.5, 0.6) is 0 Å². The number of benzene rings is 1. The van der Waals surface area contributed by atoms with Gasteiger partial charge in [0.25, 0.3) is 0 Å². The first-order valence-electron chi connectivity index (χ1n) is 5.73. The minimum absolute atomic E-state index is 0. The Morgan fingerprint density at radius 1 is 1.22 bits per heavy atom. The van der Waals surface area contributed by atoms with E-state index in [0.717, 1.165) is 39.0 Å². The van der Waals surface area contributed by atoms with Crippen molar-refractivity contribution in [1.29, 1.82) is 0 Å². The molecule has 0 saturated heterocycles. The summed E-state index contributed by atoms with van der Waals surface area (Å²) in [7, 11) is 0. The number of anilines is 1. The summed E-state index contributed by atoms with van der Waals surface area (Å²) >= 11 is 1.73. The average Bonchev–Trinajstić information content (AvgIpc) is 2.74. The van der Waals surface area contributed by atoms with Crippen molar-refractivity contribution in [3.63, 3.8) is 0 Å². The third-order valence-electron chi connectivity index (χ3n) is 2.77. The van der Waals surface area contributed by atoms with Gasteiger partial charge in [0, 0.05) is 5.39 Å². The van der Waals surface area contributed by atoms with E-state index >= 15 is 0 Å². The summed E-state index contributed by atoms with van der Waals surface area (Å²) in [6.45, 7) is 2.16. The third kappa shape index (κ3) is 2.02. The number of aromatic nitrogens is 2. The number of thiazole rings is 1. The summed E-state index contributed by atoms with van der Waals surface area (Å²) in [6.07, 6.45) is 2.11. The molecule has 0 atom stereocenters. The lowest BCUT2D eigenvalue weighted by molar-refractivity contribution is 0.913. The number of aryl methyl sites for hydroxylation is 1. The summed E-state index contributed by atoms with van der Waals surface area (Å²) in [5, 5.41) is 2.30. The fourth-order valence-corrected chi connectivity index (χ4v) is 3.20. The number of nitrogens with two attached hydrogens (primary N) is 1. The molecule has 3 nitrogen and oxygen atoms in total. The molecule has 0 aliphatic heterocycles. The van der Waals surface area contributed by atoms with Crippen LogP contribution in [0.3, 0.4) is 0 Å². The lowest BCUT2D eigenvalue weighted by Gasteiger charge is -1.99. The van der Waals surface area contributed by atoms with Crippen LogP contribution in [-0.2, 0) is 6.42 Å². The van der Waals surface area contributed by atoms with E-state index in [9.17, 15) is 0 Å². The lowest BCUT2D eigenvalue weighted by Crippen LogP contribution is -1.92. The number of fused-ring (bicyclic) bond motifs is 3. The monoisotopic (exact) mass is 279 g/mol. The van der Waals surface area contributed by atoms with Gasteiger partial charge >= 0.3 is 0 Å². The van der Waals surface area contributed by atoms with Crippen molar-refractivity contribution in [2.75, 3.05) is 5.73 Å². The van der Waals surface area contributed by atoms with Crippen LogP contribution in [0.15, 0.2) is 24.3 Å². The predicted octanol–water partition coefficient (Wildman–Crippen LogP) is 3.80. The molecular weight excluding hydrogens is 266 g/mol. The quantitative estimate of drug-likeness (QED) is 0.776. The van der Waals surface area contributed by atoms with Gasteiger partial charge in [-0.1, -0.05) is 25.1 Å². The van der Waals surface area contributed by atoms with Crippen molar-refractivity contribution in [3.8, 4) is 0 Å². The van der Waals surface area contributed by atoms with Gasteiger partial charge in [-0.3, -0.25) is 0 Å². The van der Waals surface area contributed by atoms with E-state index < -0.39 is 0 Å². The van der Waals surface area contributed by atoms with Crippen LogP contribution >= 0.6 is 23.7 Å². The van der Waals surface area contributed by atoms with E-state index in [1.807, 2.05) is 18.2 Å². The molecule has 2 aromatic heterocycles. The number of para-hydroxylation sites is 1. The molecule has 3 aromatic rings. The summed E-state index contributed by atoms with van der Waals surface area (Å²) < 4.78 is 1.16. The van der Waals surface area contributed by atoms with Gasteiger partial charge in [-0.25, -0.2) is 9.97 Å². The highest BCUT2D eigenvalue weighted by Gasteiger charge is 2.11. The normalized spacial score (nSPS) is 10.7. The van der Waals surface area contributed by atoms with Crippen molar-refractivity contribution in [2.45, 2.75) is 19.8 Å². The molecule has 0 aliphatic rings. The summed E-state index contributed by atoms with van der Waals surface area (Å²) in [6, 6.07) is 8.08. The van der Waals surface area contributed by atoms with E-state index in [1.165, 1.54) is 0 Å². The summed E-state index contributed by atoms with van der Waals surface area (Å²) in [5.41, 5.74) is 7.77. The summed E-state index contributed by atoms with van der Waals surface area (Å²) in [5.74, 6) is 0.539. The minimum Gasteiger partial charge on any atom is -0.382 e. The SMILES string of the molecule is CCCc1nc2c(N)nc3ccccc3c2s1.Cl. The first-order valence-corrected chi connectivity index (χ1v) is 6.55. The van der Waals surface area contributed by atoms with Crippen LogP contribution in [0.1, 0.15) is 18.4 Å². The molecule has 0 fully saturated rings. The van der Waals surface area contributed by atoms with Crippen molar-refractivity contribution < 1.29 is 0 Å². The number of nitrogen functional groups attached to an aromatic ring is 1. The van der Waals surface area contributed by atoms with Crippen LogP contribution in [0.2, 0.25) is 0 Å². The Morgan fingerprint density at radius 3 is 2.78 bits per heavy atom. The Labute approximate surface area is 115 Å². The predicted molar refractivity (Wildman–Crippen MR) is 80.6 cm³/mol. The second-order valence-corrected chi connectivity index (χ2v) is 5.13. The van der Waals surface area contributed by atoms with Gasteiger partial charge in [-0.2, -0.15) is 0 Å². The molecule has 5 heteroatoms. The van der Waals surface area contributed by atoms with Gasteiger partial charge in [-0.15, -0.1) is 23.7 Å². The minimum atomic E-state index is 0. The Balaban J connectivity index is 0.00000120. The molecule has 0 saturated carbocycles. The molecule has 0 aliphatic carbocycles. The molecule has 1 aromatic carbocycles. The Kier molecular flexibility index (Phi) is 3.68. The number of halogens is 1. The second-order valence-electron chi connectivity index (χ2n) is 4.05. The van der Waals surface area contributed by atoms with E-state index in [2.05, 4.69) is 23.0 Å². The third-order valence-corrected chi connectivity index (χ3v) is 3.92. The highest BCUT2D eigenvalue weighted by Crippen LogP contribution is 2.32. The molecule has 18 heavy (non-hydrogen) atoms. The number of rotatable bonds is 2. The molecule has 3 rings (SSSR count). The molecule has 2 N–H and O–H groups in total. The van der Waals surface area contributed by atoms with Gasteiger partial charge in [0.2, 0.25) is 0 Å². The number of hydrogen-bond donors (Lipinski definition) is 1. The highest BCUT2D eigenvalue weighted by atomic mass is 35.5. The fraction of sp³-hybridized carbons (Fsp3) is 0.231. The first-order chi connectivity index (χ1) is 8.29. The zero-order chi connectivity index (χ0) is 11.8. The maximum absolute atomic E-state index is 5.96. The van der Waals surface area contributed by atoms with Gasteiger partial charge in [-0.05, 0) is 18.9 Å². The topological polar surface area (TPSA) is 51.8 Å². The van der Waals surface area contributed by atoms with Crippen molar-refractivity contribution in [3.05, 3.63) is 29.3 Å². The van der Waals surface area contributed by atoms with Crippen molar-refractivity contribution >= 4 is 50.7 Å². The van der Waals surface area contributed by atoms with Gasteiger partial charge < -0.3 is 5.73 Å². The molecule has 0 bridgehead atoms. The van der Waals surface area contributed by atoms with E-state index in [0.29, 0.717) is 5.82 Å². The largest absolute Gasteiger partial charge is 0.382 e. The van der Waals surface area contributed by atoms with Crippen molar-refractivity contribution in [1.82, 2.24) is 9.97 Å². The van der Waals surface area contributed by atoms with Crippen molar-refractivity contribution in [2.24, 2.45) is 0 Å². The molecule has 2 heterocycles. The van der Waals surface area contributed by atoms with Gasteiger partial charge in [0.1, 0.15) is 5.52 Å². The second kappa shape index (κ2) is 5.08. The molecule has 0 spiro atoms. The van der Waals surface area contributed by atoms with Crippen LogP contribution in [0.4, 0.5) is 5.82 Å². The molecular formula is C13H14ClN3S. The first kappa shape index (κ1) is 13.1. The lowest BCUT2D eigenvalue weighted by atomic mass is 10.2. The molecule has 0 amide bonds. The standard InChI is InChI=1S/C13H13N3S.ClH/c1-2-5-10-16-11-12(17-10)8-6-3-4-7-9(8)15-13(11)14;/h3-4,6-7H,2,5H2,1H3,(H2,14,15);1H. The van der Waals surface area contributed by atoms with Crippen LogP contribution in [-0.4, -0.2) is 9.97 Å². The molecule has 94 valence electrons. The zero-order valence-corrected chi connectivity index (χ0v) is 11.6.